The zero-order chi connectivity index (χ0) is 23.4. The molecular formula is C29H37NO. The third-order valence-electron chi connectivity index (χ3n) is 5.05. The van der Waals surface area contributed by atoms with E-state index in [-0.39, 0.29) is 0 Å². The topological polar surface area (TPSA) is 44.0 Å². The van der Waals surface area contributed by atoms with Gasteiger partial charge in [0.05, 0.1) is 11.6 Å². The molecule has 0 saturated carbocycles. The Hall–Kier alpha value is -3.05. The number of hydrogen-bond donors (Lipinski definition) is 1. The molecule has 2 nitrogen and oxygen atoms in total. The second kappa shape index (κ2) is 13.3. The van der Waals surface area contributed by atoms with Crippen LogP contribution in [0, 0.1) is 18.3 Å². The first-order chi connectivity index (χ1) is 14.7. The van der Waals surface area contributed by atoms with E-state index in [4.69, 9.17) is 10.4 Å². The van der Waals surface area contributed by atoms with E-state index < -0.39 is 0 Å². The highest BCUT2D eigenvalue weighted by Crippen LogP contribution is 2.19. The molecule has 0 fully saturated rings. The SMILES string of the molecule is CC(C)c1cccc(O)c1.CC(C)c1ccccc1C#N.Cc1ccccc1C(C)C. The predicted octanol–water partition coefficient (Wildman–Crippen LogP) is 8.32. The van der Waals surface area contributed by atoms with Crippen LogP contribution in [0.4, 0.5) is 0 Å². The van der Waals surface area contributed by atoms with E-state index >= 15 is 0 Å². The number of nitriles is 1. The van der Waals surface area contributed by atoms with Gasteiger partial charge in [-0.3, -0.25) is 0 Å². The highest BCUT2D eigenvalue weighted by molar-refractivity contribution is 5.39. The van der Waals surface area contributed by atoms with E-state index in [0.29, 0.717) is 23.5 Å². The summed E-state index contributed by atoms with van der Waals surface area (Å²) < 4.78 is 0. The Morgan fingerprint density at radius 2 is 1.23 bits per heavy atom. The van der Waals surface area contributed by atoms with Crippen LogP contribution in [-0.2, 0) is 0 Å². The molecule has 164 valence electrons. The molecule has 0 heterocycles. The van der Waals surface area contributed by atoms with Crippen molar-refractivity contribution in [1.29, 1.82) is 5.26 Å². The maximum Gasteiger partial charge on any atom is 0.115 e. The Bertz CT molecular complexity index is 964. The van der Waals surface area contributed by atoms with Crippen LogP contribution in [0.5, 0.6) is 5.75 Å². The fourth-order valence-corrected chi connectivity index (χ4v) is 3.22. The molecule has 0 atom stereocenters. The first-order valence-electron chi connectivity index (χ1n) is 11.0. The van der Waals surface area contributed by atoms with Gasteiger partial charge < -0.3 is 5.11 Å². The van der Waals surface area contributed by atoms with E-state index in [9.17, 15) is 0 Å². The van der Waals surface area contributed by atoms with Gasteiger partial charge in [0, 0.05) is 0 Å². The summed E-state index contributed by atoms with van der Waals surface area (Å²) in [6, 6.07) is 25.8. The van der Waals surface area contributed by atoms with Gasteiger partial charge in [0.2, 0.25) is 0 Å². The monoisotopic (exact) mass is 415 g/mol. The molecule has 0 bridgehead atoms. The number of rotatable bonds is 3. The zero-order valence-electron chi connectivity index (χ0n) is 20.1. The van der Waals surface area contributed by atoms with Crippen molar-refractivity contribution in [3.05, 3.63) is 101 Å². The van der Waals surface area contributed by atoms with Crippen LogP contribution in [0.2, 0.25) is 0 Å². The van der Waals surface area contributed by atoms with E-state index in [0.717, 1.165) is 11.1 Å². The van der Waals surface area contributed by atoms with Crippen LogP contribution < -0.4 is 0 Å². The minimum absolute atomic E-state index is 0.353. The van der Waals surface area contributed by atoms with Crippen molar-refractivity contribution in [1.82, 2.24) is 0 Å². The van der Waals surface area contributed by atoms with Gasteiger partial charge >= 0.3 is 0 Å². The quantitative estimate of drug-likeness (QED) is 0.467. The summed E-state index contributed by atoms with van der Waals surface area (Å²) in [5, 5.41) is 17.8. The standard InChI is InChI=1S/C10H11N.C10H14.C9H12O/c1-8(2)10-6-4-3-5-9(10)7-11;1-8(2)10-7-5-4-6-9(10)3;1-7(2)8-4-3-5-9(10)6-8/h3-6,8H,1-2H3;4-8H,1-3H3;3-7,10H,1-2H3. The zero-order valence-corrected chi connectivity index (χ0v) is 20.1. The minimum Gasteiger partial charge on any atom is -0.508 e. The molecule has 3 rings (SSSR count). The van der Waals surface area contributed by atoms with Crippen molar-refractivity contribution in [2.75, 3.05) is 0 Å². The molecule has 0 aliphatic rings. The summed E-state index contributed by atoms with van der Waals surface area (Å²) in [7, 11) is 0. The van der Waals surface area contributed by atoms with Crippen molar-refractivity contribution in [2.45, 2.75) is 66.2 Å². The van der Waals surface area contributed by atoms with E-state index in [1.54, 1.807) is 12.1 Å². The van der Waals surface area contributed by atoms with Crippen LogP contribution in [0.25, 0.3) is 0 Å². The van der Waals surface area contributed by atoms with Gasteiger partial charge in [0.25, 0.3) is 0 Å². The molecule has 2 heteroatoms. The maximum absolute atomic E-state index is 9.06. The average Bonchev–Trinajstić information content (AvgIpc) is 2.74. The molecule has 0 spiro atoms. The second-order valence-electron chi connectivity index (χ2n) is 8.61. The third-order valence-corrected chi connectivity index (χ3v) is 5.05. The molecule has 1 N–H and O–H groups in total. The number of phenolic OH excluding ortho intramolecular Hbond substituents is 1. The van der Waals surface area contributed by atoms with E-state index in [1.807, 2.05) is 36.4 Å². The average molecular weight is 416 g/mol. The number of nitrogens with zero attached hydrogens (tertiary/aromatic N) is 1. The molecule has 0 aliphatic carbocycles. The molecule has 0 unspecified atom stereocenters. The molecular weight excluding hydrogens is 378 g/mol. The van der Waals surface area contributed by atoms with Crippen molar-refractivity contribution in [3.8, 4) is 11.8 Å². The number of aryl methyl sites for hydroxylation is 1. The molecule has 0 aromatic heterocycles. The van der Waals surface area contributed by atoms with Gasteiger partial charge in [-0.15, -0.1) is 0 Å². The molecule has 3 aromatic carbocycles. The van der Waals surface area contributed by atoms with Gasteiger partial charge in [-0.05, 0) is 65.1 Å². The second-order valence-corrected chi connectivity index (χ2v) is 8.61. The van der Waals surface area contributed by atoms with E-state index in [1.165, 1.54) is 16.7 Å². The number of hydrogen-bond acceptors (Lipinski definition) is 2. The van der Waals surface area contributed by atoms with Crippen LogP contribution in [0.3, 0.4) is 0 Å². The van der Waals surface area contributed by atoms with Crippen molar-refractivity contribution < 1.29 is 5.11 Å². The summed E-state index contributed by atoms with van der Waals surface area (Å²) in [6.45, 7) is 15.0. The predicted molar refractivity (Wildman–Crippen MR) is 133 cm³/mol. The number of aromatic hydroxyl groups is 1. The largest absolute Gasteiger partial charge is 0.508 e. The summed E-state index contributed by atoms with van der Waals surface area (Å²) in [6.07, 6.45) is 0. The van der Waals surface area contributed by atoms with Crippen LogP contribution >= 0.6 is 0 Å². The summed E-state index contributed by atoms with van der Waals surface area (Å²) >= 11 is 0. The van der Waals surface area contributed by atoms with Gasteiger partial charge in [0.1, 0.15) is 5.75 Å². The fourth-order valence-electron chi connectivity index (χ4n) is 3.22. The van der Waals surface area contributed by atoms with Crippen molar-refractivity contribution >= 4 is 0 Å². The fraction of sp³-hybridized carbons (Fsp3) is 0.345. The Kier molecular flexibility index (Phi) is 11.1. The van der Waals surface area contributed by atoms with Gasteiger partial charge in [-0.2, -0.15) is 5.26 Å². The van der Waals surface area contributed by atoms with Crippen LogP contribution in [-0.4, -0.2) is 5.11 Å². The van der Waals surface area contributed by atoms with Crippen LogP contribution in [0.1, 0.15) is 87.1 Å². The van der Waals surface area contributed by atoms with Gasteiger partial charge in [0.15, 0.2) is 0 Å². The lowest BCUT2D eigenvalue weighted by atomic mass is 9.98. The number of phenols is 1. The molecule has 0 saturated heterocycles. The molecule has 0 amide bonds. The molecule has 0 aliphatic heterocycles. The Morgan fingerprint density at radius 1 is 0.677 bits per heavy atom. The maximum atomic E-state index is 9.06. The summed E-state index contributed by atoms with van der Waals surface area (Å²) in [4.78, 5) is 0. The normalized spacial score (nSPS) is 10.1. The van der Waals surface area contributed by atoms with E-state index in [2.05, 4.69) is 78.8 Å². The van der Waals surface area contributed by atoms with Gasteiger partial charge in [-0.25, -0.2) is 0 Å². The Morgan fingerprint density at radius 3 is 1.61 bits per heavy atom. The highest BCUT2D eigenvalue weighted by atomic mass is 16.3. The summed E-state index contributed by atoms with van der Waals surface area (Å²) in [5.74, 6) is 1.94. The Balaban J connectivity index is 0.000000233. The van der Waals surface area contributed by atoms with Gasteiger partial charge in [-0.1, -0.05) is 96.1 Å². The summed E-state index contributed by atoms with van der Waals surface area (Å²) in [5.41, 5.74) is 5.97. The Labute approximate surface area is 189 Å². The minimum atomic E-state index is 0.353. The first-order valence-corrected chi connectivity index (χ1v) is 11.0. The highest BCUT2D eigenvalue weighted by Gasteiger charge is 2.03. The first kappa shape index (κ1) is 26.0. The van der Waals surface area contributed by atoms with Crippen LogP contribution in [0.15, 0.2) is 72.8 Å². The lowest BCUT2D eigenvalue weighted by Crippen LogP contribution is -1.90. The third kappa shape index (κ3) is 9.09. The smallest absolute Gasteiger partial charge is 0.115 e. The molecule has 31 heavy (non-hydrogen) atoms. The van der Waals surface area contributed by atoms with Crippen molar-refractivity contribution in [3.63, 3.8) is 0 Å². The van der Waals surface area contributed by atoms with Crippen molar-refractivity contribution in [2.24, 2.45) is 0 Å². The lowest BCUT2D eigenvalue weighted by Gasteiger charge is -2.07. The lowest BCUT2D eigenvalue weighted by molar-refractivity contribution is 0.474. The molecule has 3 aromatic rings. The number of benzene rings is 3. The molecule has 0 radical (unpaired) electrons.